The van der Waals surface area contributed by atoms with Crippen molar-refractivity contribution in [1.82, 2.24) is 4.98 Å². The lowest BCUT2D eigenvalue weighted by atomic mass is 10.0. The van der Waals surface area contributed by atoms with Crippen molar-refractivity contribution in [3.05, 3.63) is 56.6 Å². The first-order valence-electron chi connectivity index (χ1n) is 4.95. The molecule has 1 aromatic heterocycles. The van der Waals surface area contributed by atoms with E-state index in [4.69, 9.17) is 0 Å². The number of nitrogens with zero attached hydrogens (tertiary/aromatic N) is 1. The van der Waals surface area contributed by atoms with Gasteiger partial charge in [0.05, 0.1) is 5.70 Å². The van der Waals surface area contributed by atoms with Crippen molar-refractivity contribution in [2.45, 2.75) is 13.3 Å². The number of nitrogens with one attached hydrogen (secondary N) is 1. The fourth-order valence-corrected chi connectivity index (χ4v) is 2.14. The lowest BCUT2D eigenvalue weighted by Gasteiger charge is -2.04. The van der Waals surface area contributed by atoms with Crippen LogP contribution in [0.25, 0.3) is 5.57 Å². The molecule has 0 spiro atoms. The van der Waals surface area contributed by atoms with E-state index in [1.807, 2.05) is 19.1 Å². The second kappa shape index (κ2) is 2.79. The molecule has 3 nitrogen and oxygen atoms in total. The van der Waals surface area contributed by atoms with Crippen molar-refractivity contribution in [2.75, 3.05) is 0 Å². The molecule has 3 rings (SSSR count). The molecule has 0 radical (unpaired) electrons. The molecular formula is C12H10N2O. The molecule has 1 N–H and O–H groups in total. The maximum absolute atomic E-state index is 11.3. The highest BCUT2D eigenvalue weighted by Crippen LogP contribution is 2.21. The predicted octanol–water partition coefficient (Wildman–Crippen LogP) is 0.311. The summed E-state index contributed by atoms with van der Waals surface area (Å²) in [5, 5.41) is 1.10. The highest BCUT2D eigenvalue weighted by Gasteiger charge is 2.15. The Labute approximate surface area is 86.2 Å². The molecule has 3 heteroatoms. The molecule has 0 aromatic carbocycles. The molecule has 1 aliphatic carbocycles. The highest BCUT2D eigenvalue weighted by molar-refractivity contribution is 5.69. The van der Waals surface area contributed by atoms with Crippen LogP contribution in [-0.4, -0.2) is 4.98 Å². The van der Waals surface area contributed by atoms with Crippen molar-refractivity contribution in [3.8, 4) is 0 Å². The average Bonchev–Trinajstić information content (AvgIpc) is 2.54. The number of H-pyrrole nitrogens is 1. The minimum Gasteiger partial charge on any atom is -0.307 e. The van der Waals surface area contributed by atoms with Gasteiger partial charge in [0, 0.05) is 11.3 Å². The average molecular weight is 198 g/mol. The first-order valence-corrected chi connectivity index (χ1v) is 4.95. The lowest BCUT2D eigenvalue weighted by Crippen LogP contribution is -2.35. The van der Waals surface area contributed by atoms with Crippen LogP contribution in [0.3, 0.4) is 0 Å². The molecule has 2 heterocycles. The van der Waals surface area contributed by atoms with Crippen LogP contribution >= 0.6 is 0 Å². The number of aromatic amines is 1. The summed E-state index contributed by atoms with van der Waals surface area (Å²) in [4.78, 5) is 18.5. The minimum absolute atomic E-state index is 0.0807. The standard InChI is InChI=1S/C12H10N2O/c1-7-6-10(15)14-12-11(7)8-4-2-3-5-9(8)13-12/h2-3,5-6H,4H2,1H3,(H,13,14,15). The summed E-state index contributed by atoms with van der Waals surface area (Å²) in [6, 6.07) is 1.63. The van der Waals surface area contributed by atoms with Crippen LogP contribution in [0, 0.1) is 6.92 Å². The summed E-state index contributed by atoms with van der Waals surface area (Å²) in [7, 11) is 0. The molecule has 1 aliphatic heterocycles. The van der Waals surface area contributed by atoms with Gasteiger partial charge >= 0.3 is 0 Å². The van der Waals surface area contributed by atoms with Crippen LogP contribution < -0.4 is 16.3 Å². The van der Waals surface area contributed by atoms with Gasteiger partial charge in [-0.15, -0.1) is 0 Å². The quantitative estimate of drug-likeness (QED) is 0.640. The smallest absolute Gasteiger partial charge is 0.249 e. The second-order valence-electron chi connectivity index (χ2n) is 3.81. The summed E-state index contributed by atoms with van der Waals surface area (Å²) in [5.74, 6) is 0. The predicted molar refractivity (Wildman–Crippen MR) is 57.8 cm³/mol. The number of aryl methyl sites for hydroxylation is 1. The van der Waals surface area contributed by atoms with Crippen LogP contribution in [0.5, 0.6) is 0 Å². The van der Waals surface area contributed by atoms with Crippen LogP contribution in [0.4, 0.5) is 0 Å². The van der Waals surface area contributed by atoms with Crippen molar-refractivity contribution in [3.63, 3.8) is 0 Å². The Balaban J connectivity index is 2.53. The molecule has 0 bridgehead atoms. The molecule has 0 saturated heterocycles. The largest absolute Gasteiger partial charge is 0.307 e. The Morgan fingerprint density at radius 3 is 3.20 bits per heavy atom. The van der Waals surface area contributed by atoms with Gasteiger partial charge in [0.15, 0.2) is 0 Å². The first-order chi connectivity index (χ1) is 7.25. The zero-order valence-corrected chi connectivity index (χ0v) is 8.37. The van der Waals surface area contributed by atoms with Gasteiger partial charge in [-0.05, 0) is 30.6 Å². The van der Waals surface area contributed by atoms with E-state index in [0.29, 0.717) is 5.49 Å². The fourth-order valence-electron chi connectivity index (χ4n) is 2.14. The third-order valence-electron chi connectivity index (χ3n) is 2.78. The van der Waals surface area contributed by atoms with E-state index in [0.717, 1.165) is 22.9 Å². The zero-order chi connectivity index (χ0) is 10.4. The Bertz CT molecular complexity index is 675. The summed E-state index contributed by atoms with van der Waals surface area (Å²) in [5.41, 5.74) is 3.85. The summed E-state index contributed by atoms with van der Waals surface area (Å²) in [6.45, 7) is 1.96. The van der Waals surface area contributed by atoms with Crippen molar-refractivity contribution in [2.24, 2.45) is 4.99 Å². The number of aromatic nitrogens is 1. The van der Waals surface area contributed by atoms with Crippen LogP contribution in [0.1, 0.15) is 12.0 Å². The van der Waals surface area contributed by atoms with Gasteiger partial charge in [-0.25, -0.2) is 4.99 Å². The van der Waals surface area contributed by atoms with E-state index in [-0.39, 0.29) is 5.56 Å². The second-order valence-corrected chi connectivity index (χ2v) is 3.81. The highest BCUT2D eigenvalue weighted by atomic mass is 16.1. The molecule has 0 fully saturated rings. The SMILES string of the molecule is Cc1cc(=O)[nH]c2c1=C1CC=CC=C1N=2. The van der Waals surface area contributed by atoms with E-state index in [2.05, 4.69) is 16.1 Å². The van der Waals surface area contributed by atoms with Gasteiger partial charge in [0.2, 0.25) is 5.56 Å². The molecular weight excluding hydrogens is 188 g/mol. The maximum atomic E-state index is 11.3. The van der Waals surface area contributed by atoms with E-state index in [1.165, 1.54) is 5.57 Å². The fraction of sp³-hybridized carbons (Fsp3) is 0.167. The number of hydrogen-bond acceptors (Lipinski definition) is 2. The number of pyridine rings is 1. The Morgan fingerprint density at radius 1 is 1.47 bits per heavy atom. The monoisotopic (exact) mass is 198 g/mol. The van der Waals surface area contributed by atoms with Crippen LogP contribution in [-0.2, 0) is 0 Å². The Morgan fingerprint density at radius 2 is 2.33 bits per heavy atom. The van der Waals surface area contributed by atoms with E-state index in [1.54, 1.807) is 6.07 Å². The first kappa shape index (κ1) is 8.41. The summed E-state index contributed by atoms with van der Waals surface area (Å²) < 4.78 is 0. The molecule has 0 saturated carbocycles. The van der Waals surface area contributed by atoms with Crippen LogP contribution in [0.15, 0.2) is 39.8 Å². The Kier molecular flexibility index (Phi) is 1.57. The van der Waals surface area contributed by atoms with Crippen molar-refractivity contribution < 1.29 is 0 Å². The van der Waals surface area contributed by atoms with E-state index < -0.39 is 0 Å². The van der Waals surface area contributed by atoms with Gasteiger partial charge in [-0.2, -0.15) is 0 Å². The van der Waals surface area contributed by atoms with Gasteiger partial charge < -0.3 is 4.98 Å². The van der Waals surface area contributed by atoms with Gasteiger partial charge in [-0.1, -0.05) is 12.2 Å². The van der Waals surface area contributed by atoms with Crippen molar-refractivity contribution in [1.29, 1.82) is 0 Å². The molecule has 0 unspecified atom stereocenters. The molecule has 15 heavy (non-hydrogen) atoms. The molecule has 0 amide bonds. The molecule has 1 aromatic rings. The maximum Gasteiger partial charge on any atom is 0.249 e. The number of hydrogen-bond donors (Lipinski definition) is 1. The third-order valence-corrected chi connectivity index (χ3v) is 2.78. The number of fused-ring (bicyclic) bond motifs is 2. The van der Waals surface area contributed by atoms with E-state index >= 15 is 0 Å². The van der Waals surface area contributed by atoms with Gasteiger partial charge in [-0.3, -0.25) is 4.79 Å². The van der Waals surface area contributed by atoms with Gasteiger partial charge in [0.25, 0.3) is 0 Å². The Hall–Kier alpha value is -1.90. The minimum atomic E-state index is -0.0807. The number of rotatable bonds is 0. The van der Waals surface area contributed by atoms with Crippen molar-refractivity contribution >= 4 is 5.57 Å². The van der Waals surface area contributed by atoms with Gasteiger partial charge in [0.1, 0.15) is 5.49 Å². The molecule has 0 atom stereocenters. The molecule has 2 aliphatic rings. The normalized spacial score (nSPS) is 16.9. The lowest BCUT2D eigenvalue weighted by molar-refractivity contribution is 1.07. The number of allylic oxidation sites excluding steroid dienone is 4. The third kappa shape index (κ3) is 1.13. The molecule has 74 valence electrons. The topological polar surface area (TPSA) is 45.2 Å². The zero-order valence-electron chi connectivity index (χ0n) is 8.37. The van der Waals surface area contributed by atoms with Crippen LogP contribution in [0.2, 0.25) is 0 Å². The summed E-state index contributed by atoms with van der Waals surface area (Å²) >= 11 is 0. The van der Waals surface area contributed by atoms with E-state index in [9.17, 15) is 4.79 Å². The summed E-state index contributed by atoms with van der Waals surface area (Å²) in [6.07, 6.45) is 6.99.